The number of aryl methyl sites for hydroxylation is 1. The van der Waals surface area contributed by atoms with Gasteiger partial charge in [0.15, 0.2) is 0 Å². The molecule has 148 valence electrons. The number of anilines is 2. The van der Waals surface area contributed by atoms with Crippen LogP contribution in [0.15, 0.2) is 54.9 Å². The van der Waals surface area contributed by atoms with Gasteiger partial charge in [-0.2, -0.15) is 9.49 Å². The third-order valence-corrected chi connectivity index (χ3v) is 5.71. The molecule has 4 heterocycles. The van der Waals surface area contributed by atoms with Crippen LogP contribution in [-0.2, 0) is 7.05 Å². The van der Waals surface area contributed by atoms with Gasteiger partial charge in [-0.25, -0.2) is 4.98 Å². The van der Waals surface area contributed by atoms with Crippen LogP contribution in [-0.4, -0.2) is 34.4 Å². The van der Waals surface area contributed by atoms with Gasteiger partial charge in [-0.15, -0.1) is 0 Å². The Morgan fingerprint density at radius 2 is 1.93 bits per heavy atom. The lowest BCUT2D eigenvalue weighted by Crippen LogP contribution is -2.32. The summed E-state index contributed by atoms with van der Waals surface area (Å²) >= 11 is 0. The van der Waals surface area contributed by atoms with Crippen molar-refractivity contribution in [3.8, 4) is 0 Å². The van der Waals surface area contributed by atoms with Crippen LogP contribution in [0.25, 0.3) is 16.6 Å². The zero-order valence-electron chi connectivity index (χ0n) is 16.6. The number of rotatable bonds is 3. The number of fused-ring (bicyclic) bond motifs is 1. The van der Waals surface area contributed by atoms with E-state index in [0.717, 1.165) is 35.4 Å². The first-order chi connectivity index (χ1) is 14.2. The number of piperidine rings is 1. The molecule has 0 aliphatic carbocycles. The summed E-state index contributed by atoms with van der Waals surface area (Å²) in [7, 11) is 1.94. The molecule has 3 aromatic rings. The van der Waals surface area contributed by atoms with Crippen molar-refractivity contribution in [1.82, 2.24) is 14.8 Å². The first kappa shape index (κ1) is 17.9. The van der Waals surface area contributed by atoms with Crippen LogP contribution in [0, 0.1) is 5.95 Å². The number of benzene rings is 1. The normalized spacial score (nSPS) is 17.1. The number of halogens is 1. The number of allylic oxidation sites excluding steroid dienone is 2. The third kappa shape index (κ3) is 3.28. The largest absolute Gasteiger partial charge is 0.370 e. The number of hydrogen-bond donors (Lipinski definition) is 0. The number of pyridine rings is 1. The highest BCUT2D eigenvalue weighted by Crippen LogP contribution is 2.39. The van der Waals surface area contributed by atoms with Gasteiger partial charge in [0.2, 0.25) is 5.95 Å². The number of aromatic nitrogens is 3. The lowest BCUT2D eigenvalue weighted by atomic mass is 10.0. The Morgan fingerprint density at radius 1 is 1.07 bits per heavy atom. The van der Waals surface area contributed by atoms with E-state index in [9.17, 15) is 4.39 Å². The van der Waals surface area contributed by atoms with Crippen LogP contribution in [0.4, 0.5) is 15.8 Å². The molecule has 29 heavy (non-hydrogen) atoms. The summed E-state index contributed by atoms with van der Waals surface area (Å²) in [6, 6.07) is 7.95. The van der Waals surface area contributed by atoms with E-state index in [1.54, 1.807) is 12.1 Å². The predicted molar refractivity (Wildman–Crippen MR) is 115 cm³/mol. The first-order valence-corrected chi connectivity index (χ1v) is 10.2. The summed E-state index contributed by atoms with van der Waals surface area (Å²) in [5, 5.41) is 5.71. The minimum atomic E-state index is -0.443. The van der Waals surface area contributed by atoms with Crippen molar-refractivity contribution in [3.05, 3.63) is 66.4 Å². The Balaban J connectivity index is 1.67. The fourth-order valence-corrected chi connectivity index (χ4v) is 4.33. The molecular weight excluding hydrogens is 365 g/mol. The Bertz CT molecular complexity index is 1110. The molecule has 0 N–H and O–H groups in total. The van der Waals surface area contributed by atoms with Crippen molar-refractivity contribution >= 4 is 28.0 Å². The van der Waals surface area contributed by atoms with E-state index < -0.39 is 5.95 Å². The molecule has 2 aromatic heterocycles. The van der Waals surface area contributed by atoms with Gasteiger partial charge >= 0.3 is 0 Å². The van der Waals surface area contributed by atoms with Crippen molar-refractivity contribution in [1.29, 1.82) is 0 Å². The molecule has 0 spiro atoms. The van der Waals surface area contributed by atoms with Crippen LogP contribution < -0.4 is 9.80 Å². The lowest BCUT2D eigenvalue weighted by Gasteiger charge is -2.36. The molecule has 0 unspecified atom stereocenters. The second-order valence-electron chi connectivity index (χ2n) is 7.68. The fourth-order valence-electron chi connectivity index (χ4n) is 4.33. The van der Waals surface area contributed by atoms with Crippen molar-refractivity contribution in [2.75, 3.05) is 29.4 Å². The molecule has 0 bridgehead atoms. The van der Waals surface area contributed by atoms with E-state index in [1.165, 1.54) is 31.1 Å². The molecule has 2 aliphatic heterocycles. The first-order valence-electron chi connectivity index (χ1n) is 10.2. The van der Waals surface area contributed by atoms with E-state index in [-0.39, 0.29) is 0 Å². The highest BCUT2D eigenvalue weighted by atomic mass is 19.1. The van der Waals surface area contributed by atoms with E-state index in [0.29, 0.717) is 12.1 Å². The number of nitrogens with zero attached hydrogens (tertiary/aromatic N) is 5. The molecule has 1 aromatic carbocycles. The van der Waals surface area contributed by atoms with Gasteiger partial charge in [0.05, 0.1) is 28.2 Å². The molecule has 0 radical (unpaired) electrons. The quantitative estimate of drug-likeness (QED) is 0.618. The minimum absolute atomic E-state index is 0.443. The molecule has 1 saturated heterocycles. The second-order valence-corrected chi connectivity index (χ2v) is 7.68. The van der Waals surface area contributed by atoms with Crippen molar-refractivity contribution in [2.24, 2.45) is 7.05 Å². The second kappa shape index (κ2) is 7.35. The molecule has 1 fully saturated rings. The van der Waals surface area contributed by atoms with Gasteiger partial charge in [-0.1, -0.05) is 12.2 Å². The maximum Gasteiger partial charge on any atom is 0.222 e. The average Bonchev–Trinajstić information content (AvgIpc) is 3.13. The maximum absolute atomic E-state index is 14.5. The van der Waals surface area contributed by atoms with Crippen LogP contribution in [0.3, 0.4) is 0 Å². The van der Waals surface area contributed by atoms with E-state index in [1.807, 2.05) is 30.1 Å². The summed E-state index contributed by atoms with van der Waals surface area (Å²) in [4.78, 5) is 8.50. The molecule has 5 nitrogen and oxygen atoms in total. The SMILES string of the molecule is Cn1cc2cc(N3CC=CC=C3c3cccnc3F)c(N3CCCCC3)cc2n1. The summed E-state index contributed by atoms with van der Waals surface area (Å²) < 4.78 is 16.4. The van der Waals surface area contributed by atoms with E-state index >= 15 is 0 Å². The van der Waals surface area contributed by atoms with Crippen LogP contribution >= 0.6 is 0 Å². The fraction of sp³-hybridized carbons (Fsp3) is 0.304. The Hall–Kier alpha value is -3.15. The molecular formula is C23H24FN5. The van der Waals surface area contributed by atoms with Gasteiger partial charge in [-0.3, -0.25) is 4.68 Å². The topological polar surface area (TPSA) is 37.2 Å². The smallest absolute Gasteiger partial charge is 0.222 e. The van der Waals surface area contributed by atoms with Crippen molar-refractivity contribution < 1.29 is 4.39 Å². The highest BCUT2D eigenvalue weighted by molar-refractivity contribution is 5.95. The molecule has 0 amide bonds. The van der Waals surface area contributed by atoms with Gasteiger partial charge in [-0.05, 0) is 49.6 Å². The van der Waals surface area contributed by atoms with Crippen molar-refractivity contribution in [3.63, 3.8) is 0 Å². The highest BCUT2D eigenvalue weighted by Gasteiger charge is 2.24. The summed E-state index contributed by atoms with van der Waals surface area (Å²) in [6.45, 7) is 2.76. The Labute approximate surface area is 169 Å². The van der Waals surface area contributed by atoms with Gasteiger partial charge in [0, 0.05) is 44.5 Å². The Kier molecular flexibility index (Phi) is 4.54. The zero-order chi connectivity index (χ0) is 19.8. The summed E-state index contributed by atoms with van der Waals surface area (Å²) in [6.07, 6.45) is 13.2. The molecule has 0 atom stereocenters. The van der Waals surface area contributed by atoms with E-state index in [4.69, 9.17) is 0 Å². The van der Waals surface area contributed by atoms with Crippen LogP contribution in [0.5, 0.6) is 0 Å². The molecule has 5 rings (SSSR count). The predicted octanol–water partition coefficient (Wildman–Crippen LogP) is 4.52. The molecule has 6 heteroatoms. The molecule has 2 aliphatic rings. The average molecular weight is 389 g/mol. The maximum atomic E-state index is 14.5. The van der Waals surface area contributed by atoms with E-state index in [2.05, 4.69) is 38.1 Å². The third-order valence-electron chi connectivity index (χ3n) is 5.71. The summed E-state index contributed by atoms with van der Waals surface area (Å²) in [5.41, 5.74) is 4.60. The lowest BCUT2D eigenvalue weighted by molar-refractivity contribution is 0.577. The summed E-state index contributed by atoms with van der Waals surface area (Å²) in [5.74, 6) is -0.443. The van der Waals surface area contributed by atoms with Gasteiger partial charge in [0.25, 0.3) is 0 Å². The zero-order valence-corrected chi connectivity index (χ0v) is 16.6. The molecule has 0 saturated carbocycles. The number of hydrogen-bond acceptors (Lipinski definition) is 4. The van der Waals surface area contributed by atoms with Crippen molar-refractivity contribution in [2.45, 2.75) is 19.3 Å². The van der Waals surface area contributed by atoms with Gasteiger partial charge < -0.3 is 9.80 Å². The Morgan fingerprint density at radius 3 is 2.76 bits per heavy atom. The van der Waals surface area contributed by atoms with Crippen LogP contribution in [0.2, 0.25) is 0 Å². The van der Waals surface area contributed by atoms with Gasteiger partial charge in [0.1, 0.15) is 0 Å². The monoisotopic (exact) mass is 389 g/mol. The van der Waals surface area contributed by atoms with Crippen LogP contribution in [0.1, 0.15) is 24.8 Å². The minimum Gasteiger partial charge on any atom is -0.370 e. The standard InChI is InChI=1S/C23H24FN5/c1-27-16-17-14-22(21(15-19(17)26-27)28-11-4-2-5-12-28)29-13-6-3-9-20(29)18-8-7-10-25-23(18)24/h3,6-10,14-16H,2,4-5,11-13H2,1H3.